The number of nitrogens with zero attached hydrogens (tertiary/aromatic N) is 1. The number of hydrogen-bond donors (Lipinski definition) is 1. The van der Waals surface area contributed by atoms with Crippen molar-refractivity contribution in [3.8, 4) is 0 Å². The van der Waals surface area contributed by atoms with E-state index in [-0.39, 0.29) is 12.6 Å². The molecular formula is C12H19NO2. The molecule has 1 fully saturated rings. The minimum Gasteiger partial charge on any atom is -0.468 e. The number of likely N-dealkylation sites (tertiary alicyclic amines) is 1. The number of rotatable bonds is 3. The molecule has 15 heavy (non-hydrogen) atoms. The van der Waals surface area contributed by atoms with Crippen molar-refractivity contribution in [1.82, 2.24) is 4.90 Å². The predicted octanol–water partition coefficient (Wildman–Crippen LogP) is 2.04. The maximum Gasteiger partial charge on any atom is 0.123 e. The van der Waals surface area contributed by atoms with Gasteiger partial charge in [-0.25, -0.2) is 0 Å². The van der Waals surface area contributed by atoms with Crippen molar-refractivity contribution in [2.75, 3.05) is 19.7 Å². The molecule has 0 saturated carbocycles. The van der Waals surface area contributed by atoms with Crippen LogP contribution in [0.25, 0.3) is 0 Å². The van der Waals surface area contributed by atoms with Gasteiger partial charge >= 0.3 is 0 Å². The summed E-state index contributed by atoms with van der Waals surface area (Å²) < 4.78 is 5.36. The highest BCUT2D eigenvalue weighted by atomic mass is 16.3. The van der Waals surface area contributed by atoms with Gasteiger partial charge in [-0.15, -0.1) is 0 Å². The van der Waals surface area contributed by atoms with Crippen LogP contribution in [0.15, 0.2) is 22.8 Å². The van der Waals surface area contributed by atoms with Crippen LogP contribution in [0.1, 0.15) is 31.6 Å². The average molecular weight is 209 g/mol. The maximum atomic E-state index is 9.41. The zero-order chi connectivity index (χ0) is 10.7. The Morgan fingerprint density at radius 2 is 2.27 bits per heavy atom. The smallest absolute Gasteiger partial charge is 0.123 e. The third-order valence-corrected chi connectivity index (χ3v) is 3.30. The van der Waals surface area contributed by atoms with Crippen molar-refractivity contribution >= 4 is 0 Å². The Labute approximate surface area is 90.7 Å². The first-order valence-electron chi connectivity index (χ1n) is 5.69. The molecule has 1 atom stereocenters. The van der Waals surface area contributed by atoms with Crippen LogP contribution >= 0.6 is 0 Å². The molecule has 2 rings (SSSR count). The fourth-order valence-corrected chi connectivity index (χ4v) is 2.21. The third-order valence-electron chi connectivity index (χ3n) is 3.30. The van der Waals surface area contributed by atoms with Gasteiger partial charge in [0.2, 0.25) is 0 Å². The number of aliphatic hydroxyl groups excluding tert-OH is 1. The number of hydrogen-bond acceptors (Lipinski definition) is 3. The van der Waals surface area contributed by atoms with Crippen molar-refractivity contribution in [3.63, 3.8) is 0 Å². The SMILES string of the molecule is CC1CCN(C(CO)c2ccco2)CC1. The van der Waals surface area contributed by atoms with Gasteiger partial charge in [-0.2, -0.15) is 0 Å². The number of piperidine rings is 1. The Balaban J connectivity index is 2.01. The van der Waals surface area contributed by atoms with E-state index in [1.165, 1.54) is 12.8 Å². The zero-order valence-corrected chi connectivity index (χ0v) is 9.22. The molecule has 84 valence electrons. The Morgan fingerprint density at radius 1 is 1.53 bits per heavy atom. The zero-order valence-electron chi connectivity index (χ0n) is 9.22. The fraction of sp³-hybridized carbons (Fsp3) is 0.667. The van der Waals surface area contributed by atoms with Gasteiger partial charge in [0.25, 0.3) is 0 Å². The Bertz CT molecular complexity index is 276. The van der Waals surface area contributed by atoms with E-state index in [2.05, 4.69) is 11.8 Å². The summed E-state index contributed by atoms with van der Waals surface area (Å²) in [6.45, 7) is 4.56. The van der Waals surface area contributed by atoms with Gasteiger partial charge in [0.1, 0.15) is 5.76 Å². The van der Waals surface area contributed by atoms with Gasteiger partial charge in [0, 0.05) is 0 Å². The van der Waals surface area contributed by atoms with Crippen LogP contribution in [-0.4, -0.2) is 29.7 Å². The standard InChI is InChI=1S/C12H19NO2/c1-10-4-6-13(7-5-10)11(9-14)12-3-2-8-15-12/h2-3,8,10-11,14H,4-7,9H2,1H3. The monoisotopic (exact) mass is 209 g/mol. The molecule has 1 unspecified atom stereocenters. The first kappa shape index (κ1) is 10.7. The quantitative estimate of drug-likeness (QED) is 0.827. The Hall–Kier alpha value is -0.800. The normalized spacial score (nSPS) is 21.7. The van der Waals surface area contributed by atoms with Crippen LogP contribution in [0, 0.1) is 5.92 Å². The van der Waals surface area contributed by atoms with Crippen LogP contribution < -0.4 is 0 Å². The molecule has 0 aliphatic carbocycles. The highest BCUT2D eigenvalue weighted by Crippen LogP contribution is 2.26. The summed E-state index contributed by atoms with van der Waals surface area (Å²) in [5.74, 6) is 1.70. The first-order chi connectivity index (χ1) is 7.31. The predicted molar refractivity (Wildman–Crippen MR) is 58.5 cm³/mol. The lowest BCUT2D eigenvalue weighted by Gasteiger charge is -2.34. The fourth-order valence-electron chi connectivity index (χ4n) is 2.21. The van der Waals surface area contributed by atoms with E-state index in [1.807, 2.05) is 12.1 Å². The summed E-state index contributed by atoms with van der Waals surface area (Å²) in [4.78, 5) is 2.32. The highest BCUT2D eigenvalue weighted by Gasteiger charge is 2.25. The number of aliphatic hydroxyl groups is 1. The Morgan fingerprint density at radius 3 is 2.80 bits per heavy atom. The summed E-state index contributed by atoms with van der Waals surface area (Å²) in [5, 5.41) is 9.41. The molecule has 1 aliphatic heterocycles. The van der Waals surface area contributed by atoms with E-state index in [9.17, 15) is 5.11 Å². The molecule has 3 nitrogen and oxygen atoms in total. The molecule has 0 spiro atoms. The summed E-state index contributed by atoms with van der Waals surface area (Å²) in [6.07, 6.45) is 4.11. The molecule has 0 radical (unpaired) electrons. The second-order valence-corrected chi connectivity index (χ2v) is 4.43. The Kier molecular flexibility index (Phi) is 3.44. The van der Waals surface area contributed by atoms with Crippen molar-refractivity contribution in [3.05, 3.63) is 24.2 Å². The molecule has 0 amide bonds. The van der Waals surface area contributed by atoms with Gasteiger partial charge < -0.3 is 9.52 Å². The van der Waals surface area contributed by atoms with Crippen LogP contribution in [0.3, 0.4) is 0 Å². The van der Waals surface area contributed by atoms with E-state index in [0.29, 0.717) is 0 Å². The second-order valence-electron chi connectivity index (χ2n) is 4.43. The molecule has 0 bridgehead atoms. The van der Waals surface area contributed by atoms with Gasteiger partial charge in [-0.1, -0.05) is 6.92 Å². The van der Waals surface area contributed by atoms with Crippen LogP contribution in [0.5, 0.6) is 0 Å². The maximum absolute atomic E-state index is 9.41. The summed E-state index contributed by atoms with van der Waals surface area (Å²) in [7, 11) is 0. The van der Waals surface area contributed by atoms with E-state index in [4.69, 9.17) is 4.42 Å². The minimum atomic E-state index is 0.0486. The van der Waals surface area contributed by atoms with Crippen molar-refractivity contribution < 1.29 is 9.52 Å². The van der Waals surface area contributed by atoms with E-state index in [0.717, 1.165) is 24.8 Å². The lowest BCUT2D eigenvalue weighted by atomic mass is 9.97. The van der Waals surface area contributed by atoms with Gasteiger partial charge in [0.05, 0.1) is 18.9 Å². The van der Waals surface area contributed by atoms with Crippen LogP contribution in [-0.2, 0) is 0 Å². The summed E-state index contributed by atoms with van der Waals surface area (Å²) in [6, 6.07) is 3.87. The number of furan rings is 1. The van der Waals surface area contributed by atoms with E-state index < -0.39 is 0 Å². The van der Waals surface area contributed by atoms with Gasteiger partial charge in [-0.05, 0) is 44.0 Å². The highest BCUT2D eigenvalue weighted by molar-refractivity contribution is 5.05. The lowest BCUT2D eigenvalue weighted by Crippen LogP contribution is -2.37. The lowest BCUT2D eigenvalue weighted by molar-refractivity contribution is 0.0767. The molecule has 3 heteroatoms. The topological polar surface area (TPSA) is 36.6 Å². The molecule has 1 aliphatic rings. The minimum absolute atomic E-state index is 0.0486. The molecule has 1 saturated heterocycles. The third kappa shape index (κ3) is 2.41. The van der Waals surface area contributed by atoms with Crippen molar-refractivity contribution in [1.29, 1.82) is 0 Å². The average Bonchev–Trinajstić information content (AvgIpc) is 2.75. The second kappa shape index (κ2) is 4.81. The van der Waals surface area contributed by atoms with Crippen molar-refractivity contribution in [2.24, 2.45) is 5.92 Å². The molecule has 1 aromatic rings. The molecule has 1 aromatic heterocycles. The molecule has 1 N–H and O–H groups in total. The first-order valence-corrected chi connectivity index (χ1v) is 5.69. The van der Waals surface area contributed by atoms with E-state index >= 15 is 0 Å². The molecule has 2 heterocycles. The van der Waals surface area contributed by atoms with Gasteiger partial charge in [-0.3, -0.25) is 4.90 Å². The van der Waals surface area contributed by atoms with Crippen LogP contribution in [0.4, 0.5) is 0 Å². The molecular weight excluding hydrogens is 190 g/mol. The summed E-state index contributed by atoms with van der Waals surface area (Å²) >= 11 is 0. The van der Waals surface area contributed by atoms with E-state index in [1.54, 1.807) is 6.26 Å². The van der Waals surface area contributed by atoms with Gasteiger partial charge in [0.15, 0.2) is 0 Å². The largest absolute Gasteiger partial charge is 0.468 e. The van der Waals surface area contributed by atoms with Crippen molar-refractivity contribution in [2.45, 2.75) is 25.8 Å². The molecule has 0 aromatic carbocycles. The summed E-state index contributed by atoms with van der Waals surface area (Å²) in [5.41, 5.74) is 0. The van der Waals surface area contributed by atoms with Crippen LogP contribution in [0.2, 0.25) is 0 Å².